The van der Waals surface area contributed by atoms with Gasteiger partial charge < -0.3 is 10.6 Å². The Morgan fingerprint density at radius 3 is 2.41 bits per heavy atom. The van der Waals surface area contributed by atoms with Crippen LogP contribution in [0.2, 0.25) is 0 Å². The van der Waals surface area contributed by atoms with Gasteiger partial charge in [-0.2, -0.15) is 0 Å². The Balaban J connectivity index is 0.00000256. The summed E-state index contributed by atoms with van der Waals surface area (Å²) >= 11 is 0. The van der Waals surface area contributed by atoms with Crippen LogP contribution in [0.25, 0.3) is 0 Å². The van der Waals surface area contributed by atoms with Gasteiger partial charge in [0.2, 0.25) is 5.91 Å². The molecule has 0 aromatic carbocycles. The summed E-state index contributed by atoms with van der Waals surface area (Å²) in [7, 11) is -3.08. The number of hydrogen-bond acceptors (Lipinski definition) is 4. The number of rotatable bonds is 2. The van der Waals surface area contributed by atoms with Crippen LogP contribution in [0.15, 0.2) is 0 Å². The smallest absolute Gasteiger partial charge is 0.224 e. The average Bonchev–Trinajstić information content (AvgIpc) is 2.08. The third-order valence-electron chi connectivity index (χ3n) is 2.89. The van der Waals surface area contributed by atoms with Crippen molar-refractivity contribution in [1.82, 2.24) is 4.90 Å². The minimum absolute atomic E-state index is 0. The summed E-state index contributed by atoms with van der Waals surface area (Å²) in [4.78, 5) is 13.4. The van der Waals surface area contributed by atoms with Crippen LogP contribution in [-0.2, 0) is 14.6 Å². The molecule has 0 saturated carbocycles. The lowest BCUT2D eigenvalue weighted by atomic mass is 10.1. The standard InChI is InChI=1S/C10H20N2O3S.ClH/c1-8(11)6-9(13)12-4-5-16(14,15)10(2,3)7-12;/h8H,4-7,11H2,1-3H3;1H. The number of nitrogens with two attached hydrogens (primary N) is 1. The largest absolute Gasteiger partial charge is 0.340 e. The predicted octanol–water partition coefficient (Wildman–Crippen LogP) is 0.181. The number of nitrogens with zero attached hydrogens (tertiary/aromatic N) is 1. The summed E-state index contributed by atoms with van der Waals surface area (Å²) < 4.78 is 22.6. The first-order valence-corrected chi connectivity index (χ1v) is 7.06. The number of halogens is 1. The molecule has 1 amide bonds. The van der Waals surface area contributed by atoms with E-state index in [0.717, 1.165) is 0 Å². The summed E-state index contributed by atoms with van der Waals surface area (Å²) in [6.45, 7) is 5.64. The second-order valence-electron chi connectivity index (χ2n) is 5.08. The molecule has 0 aromatic rings. The highest BCUT2D eigenvalue weighted by Gasteiger charge is 2.41. The van der Waals surface area contributed by atoms with E-state index < -0.39 is 14.6 Å². The zero-order chi connectivity index (χ0) is 12.6. The molecular formula is C10H21ClN2O3S. The van der Waals surface area contributed by atoms with Gasteiger partial charge in [-0.1, -0.05) is 0 Å². The molecular weight excluding hydrogens is 264 g/mol. The Hall–Kier alpha value is -0.330. The maximum Gasteiger partial charge on any atom is 0.224 e. The molecule has 1 fully saturated rings. The van der Waals surface area contributed by atoms with E-state index in [1.165, 1.54) is 0 Å². The predicted molar refractivity (Wildman–Crippen MR) is 70.0 cm³/mol. The van der Waals surface area contributed by atoms with E-state index in [9.17, 15) is 13.2 Å². The summed E-state index contributed by atoms with van der Waals surface area (Å²) in [6, 6.07) is -0.186. The Bertz CT molecular complexity index is 379. The van der Waals surface area contributed by atoms with Crippen molar-refractivity contribution in [3.63, 3.8) is 0 Å². The average molecular weight is 285 g/mol. The fourth-order valence-corrected chi connectivity index (χ4v) is 3.13. The molecule has 7 heteroatoms. The lowest BCUT2D eigenvalue weighted by Gasteiger charge is -2.37. The molecule has 0 aliphatic carbocycles. The molecule has 1 rings (SSSR count). The zero-order valence-corrected chi connectivity index (χ0v) is 12.1. The molecule has 102 valence electrons. The second-order valence-corrected chi connectivity index (χ2v) is 7.82. The highest BCUT2D eigenvalue weighted by atomic mass is 35.5. The number of carbonyl (C=O) groups is 1. The summed E-state index contributed by atoms with van der Waals surface area (Å²) in [5.41, 5.74) is 5.56. The summed E-state index contributed by atoms with van der Waals surface area (Å²) in [6.07, 6.45) is 0.274. The molecule has 1 aliphatic heterocycles. The normalized spacial score (nSPS) is 23.6. The van der Waals surface area contributed by atoms with E-state index >= 15 is 0 Å². The van der Waals surface area contributed by atoms with Gasteiger partial charge >= 0.3 is 0 Å². The molecule has 0 radical (unpaired) electrons. The third kappa shape index (κ3) is 3.82. The van der Waals surface area contributed by atoms with Crippen LogP contribution in [0, 0.1) is 0 Å². The summed E-state index contributed by atoms with van der Waals surface area (Å²) in [5, 5.41) is 0. The van der Waals surface area contributed by atoms with Gasteiger partial charge in [0.25, 0.3) is 0 Å². The van der Waals surface area contributed by atoms with Crippen molar-refractivity contribution in [1.29, 1.82) is 0 Å². The monoisotopic (exact) mass is 284 g/mol. The topological polar surface area (TPSA) is 80.5 Å². The molecule has 1 unspecified atom stereocenters. The molecule has 0 aromatic heterocycles. The fourth-order valence-electron chi connectivity index (χ4n) is 1.76. The quantitative estimate of drug-likeness (QED) is 0.784. The van der Waals surface area contributed by atoms with Crippen molar-refractivity contribution < 1.29 is 13.2 Å². The van der Waals surface area contributed by atoms with Crippen LogP contribution in [0.5, 0.6) is 0 Å². The van der Waals surface area contributed by atoms with Gasteiger partial charge in [-0.25, -0.2) is 8.42 Å². The zero-order valence-electron chi connectivity index (χ0n) is 10.5. The number of hydrogen-bond donors (Lipinski definition) is 1. The number of sulfone groups is 1. The first-order chi connectivity index (χ1) is 7.16. The Morgan fingerprint density at radius 2 is 2.00 bits per heavy atom. The Kier molecular flexibility index (Phi) is 5.43. The van der Waals surface area contributed by atoms with E-state index in [-0.39, 0.29) is 49.6 Å². The van der Waals surface area contributed by atoms with E-state index in [4.69, 9.17) is 5.73 Å². The highest BCUT2D eigenvalue weighted by molar-refractivity contribution is 7.92. The molecule has 2 N–H and O–H groups in total. The lowest BCUT2D eigenvalue weighted by molar-refractivity contribution is -0.131. The van der Waals surface area contributed by atoms with Gasteiger partial charge in [0.05, 0.1) is 10.5 Å². The molecule has 17 heavy (non-hydrogen) atoms. The number of carbonyl (C=O) groups excluding carboxylic acids is 1. The first-order valence-electron chi connectivity index (χ1n) is 5.41. The summed E-state index contributed by atoms with van der Waals surface area (Å²) in [5.74, 6) is -0.0111. The minimum atomic E-state index is -3.08. The van der Waals surface area contributed by atoms with Gasteiger partial charge in [0, 0.05) is 25.6 Å². The van der Waals surface area contributed by atoms with E-state index in [1.54, 1.807) is 25.7 Å². The molecule has 1 atom stereocenters. The Morgan fingerprint density at radius 1 is 1.47 bits per heavy atom. The number of amides is 1. The van der Waals surface area contributed by atoms with E-state index in [0.29, 0.717) is 0 Å². The highest BCUT2D eigenvalue weighted by Crippen LogP contribution is 2.24. The van der Waals surface area contributed by atoms with Gasteiger partial charge in [-0.3, -0.25) is 4.79 Å². The first kappa shape index (κ1) is 16.7. The molecule has 1 heterocycles. The lowest BCUT2D eigenvalue weighted by Crippen LogP contribution is -2.55. The molecule has 0 bridgehead atoms. The molecule has 1 aliphatic rings. The molecule has 1 saturated heterocycles. The van der Waals surface area contributed by atoms with Crippen LogP contribution >= 0.6 is 12.4 Å². The van der Waals surface area contributed by atoms with Crippen molar-refractivity contribution in [2.24, 2.45) is 5.73 Å². The van der Waals surface area contributed by atoms with Crippen LogP contribution in [-0.4, -0.2) is 48.9 Å². The van der Waals surface area contributed by atoms with Crippen molar-refractivity contribution in [2.75, 3.05) is 18.8 Å². The van der Waals surface area contributed by atoms with Crippen LogP contribution in [0.4, 0.5) is 0 Å². The van der Waals surface area contributed by atoms with Crippen LogP contribution < -0.4 is 5.73 Å². The van der Waals surface area contributed by atoms with Crippen molar-refractivity contribution in [3.05, 3.63) is 0 Å². The van der Waals surface area contributed by atoms with Crippen molar-refractivity contribution in [2.45, 2.75) is 38.0 Å². The second kappa shape index (κ2) is 5.54. The maximum absolute atomic E-state index is 11.8. The molecule has 0 spiro atoms. The van der Waals surface area contributed by atoms with Gasteiger partial charge in [0.1, 0.15) is 0 Å². The maximum atomic E-state index is 11.8. The fraction of sp³-hybridized carbons (Fsp3) is 0.900. The SMILES string of the molecule is CC(N)CC(=O)N1CCS(=O)(=O)C(C)(C)C1.Cl. The van der Waals surface area contributed by atoms with E-state index in [1.807, 2.05) is 0 Å². The van der Waals surface area contributed by atoms with Crippen molar-refractivity contribution >= 4 is 28.2 Å². The minimum Gasteiger partial charge on any atom is -0.340 e. The van der Waals surface area contributed by atoms with E-state index in [2.05, 4.69) is 0 Å². The van der Waals surface area contributed by atoms with Crippen molar-refractivity contribution in [3.8, 4) is 0 Å². The molecule has 5 nitrogen and oxygen atoms in total. The Labute approximate surface area is 109 Å². The third-order valence-corrected chi connectivity index (χ3v) is 5.43. The van der Waals surface area contributed by atoms with Gasteiger partial charge in [-0.05, 0) is 20.8 Å². The van der Waals surface area contributed by atoms with Crippen LogP contribution in [0.3, 0.4) is 0 Å². The van der Waals surface area contributed by atoms with Gasteiger partial charge in [-0.15, -0.1) is 12.4 Å². The van der Waals surface area contributed by atoms with Crippen LogP contribution in [0.1, 0.15) is 27.2 Å². The van der Waals surface area contributed by atoms with Gasteiger partial charge in [0.15, 0.2) is 9.84 Å².